The molecule has 23 heavy (non-hydrogen) atoms. The van der Waals surface area contributed by atoms with Crippen LogP contribution in [0.2, 0.25) is 0 Å². The Labute approximate surface area is 139 Å². The molecule has 0 bridgehead atoms. The molecule has 0 amide bonds. The van der Waals surface area contributed by atoms with Gasteiger partial charge in [0.15, 0.2) is 10.8 Å². The average molecular weight is 344 g/mol. The van der Waals surface area contributed by atoms with Gasteiger partial charge in [-0.3, -0.25) is 4.40 Å². The van der Waals surface area contributed by atoms with Crippen molar-refractivity contribution in [1.82, 2.24) is 29.7 Å². The minimum absolute atomic E-state index is 0.534. The van der Waals surface area contributed by atoms with Crippen LogP contribution in [0.1, 0.15) is 17.4 Å². The predicted molar refractivity (Wildman–Crippen MR) is 87.4 cm³/mol. The highest BCUT2D eigenvalue weighted by Crippen LogP contribution is 2.25. The molecule has 0 spiro atoms. The van der Waals surface area contributed by atoms with E-state index in [0.717, 1.165) is 27.2 Å². The molecule has 0 aliphatic rings. The van der Waals surface area contributed by atoms with Gasteiger partial charge in [0, 0.05) is 11.8 Å². The number of rotatable bonds is 4. The summed E-state index contributed by atoms with van der Waals surface area (Å²) in [6, 6.07) is 5.84. The van der Waals surface area contributed by atoms with Crippen molar-refractivity contribution in [1.29, 1.82) is 0 Å². The zero-order valence-corrected chi connectivity index (χ0v) is 14.1. The second-order valence-electron chi connectivity index (χ2n) is 4.90. The van der Waals surface area contributed by atoms with E-state index in [4.69, 9.17) is 4.52 Å². The summed E-state index contributed by atoms with van der Waals surface area (Å²) >= 11 is 3.08. The molecule has 0 aliphatic carbocycles. The molecule has 0 atom stereocenters. The molecule has 4 aromatic rings. The quantitative estimate of drug-likeness (QED) is 0.526. The van der Waals surface area contributed by atoms with Crippen molar-refractivity contribution in [3.63, 3.8) is 0 Å². The lowest BCUT2D eigenvalue weighted by atomic mass is 10.4. The van der Waals surface area contributed by atoms with E-state index in [1.165, 1.54) is 11.8 Å². The summed E-state index contributed by atoms with van der Waals surface area (Å²) in [6.45, 7) is 3.88. The Kier molecular flexibility index (Phi) is 3.58. The Morgan fingerprint density at radius 1 is 1.26 bits per heavy atom. The number of thiophene rings is 1. The summed E-state index contributed by atoms with van der Waals surface area (Å²) in [6.07, 6.45) is 0. The van der Waals surface area contributed by atoms with Crippen molar-refractivity contribution in [2.24, 2.45) is 0 Å². The smallest absolute Gasteiger partial charge is 0.237 e. The molecule has 0 aromatic carbocycles. The number of nitrogens with zero attached hydrogens (tertiary/aromatic N) is 6. The maximum absolute atomic E-state index is 5.30. The van der Waals surface area contributed by atoms with Crippen LogP contribution in [0.25, 0.3) is 16.3 Å². The Hall–Kier alpha value is -2.26. The van der Waals surface area contributed by atoms with Gasteiger partial charge >= 0.3 is 0 Å². The zero-order valence-electron chi connectivity index (χ0n) is 12.4. The third-order valence-corrected chi connectivity index (χ3v) is 4.97. The van der Waals surface area contributed by atoms with Gasteiger partial charge in [-0.1, -0.05) is 23.0 Å². The van der Waals surface area contributed by atoms with E-state index in [0.29, 0.717) is 17.5 Å². The van der Waals surface area contributed by atoms with Crippen molar-refractivity contribution in [2.45, 2.75) is 24.8 Å². The van der Waals surface area contributed by atoms with Crippen LogP contribution in [-0.4, -0.2) is 29.7 Å². The fraction of sp³-hybridized carbons (Fsp3) is 0.214. The minimum Gasteiger partial charge on any atom is -0.338 e. The van der Waals surface area contributed by atoms with Crippen LogP contribution in [0.4, 0.5) is 0 Å². The van der Waals surface area contributed by atoms with E-state index in [9.17, 15) is 0 Å². The largest absolute Gasteiger partial charge is 0.338 e. The van der Waals surface area contributed by atoms with Crippen molar-refractivity contribution in [2.75, 3.05) is 0 Å². The molecule has 0 aliphatic heterocycles. The van der Waals surface area contributed by atoms with Crippen LogP contribution in [-0.2, 0) is 5.75 Å². The van der Waals surface area contributed by atoms with E-state index in [1.54, 1.807) is 11.3 Å². The molecule has 4 aromatic heterocycles. The highest BCUT2D eigenvalue weighted by Gasteiger charge is 2.13. The third kappa shape index (κ3) is 2.73. The maximum atomic E-state index is 5.30. The minimum atomic E-state index is 0.534. The predicted octanol–water partition coefficient (Wildman–Crippen LogP) is 3.14. The summed E-state index contributed by atoms with van der Waals surface area (Å²) in [5.74, 6) is 2.58. The summed E-state index contributed by atoms with van der Waals surface area (Å²) in [7, 11) is 0. The van der Waals surface area contributed by atoms with E-state index in [1.807, 2.05) is 41.8 Å². The van der Waals surface area contributed by atoms with Crippen LogP contribution in [0.15, 0.2) is 33.3 Å². The fourth-order valence-corrected chi connectivity index (χ4v) is 3.71. The molecule has 7 nitrogen and oxygen atoms in total. The van der Waals surface area contributed by atoms with Gasteiger partial charge in [-0.15, -0.1) is 21.5 Å². The third-order valence-electron chi connectivity index (χ3n) is 3.19. The molecule has 116 valence electrons. The lowest BCUT2D eigenvalue weighted by Crippen LogP contribution is -1.98. The monoisotopic (exact) mass is 344 g/mol. The Morgan fingerprint density at radius 3 is 3.00 bits per heavy atom. The highest BCUT2D eigenvalue weighted by molar-refractivity contribution is 7.98. The second kappa shape index (κ2) is 5.74. The fourth-order valence-electron chi connectivity index (χ4n) is 2.24. The van der Waals surface area contributed by atoms with Crippen molar-refractivity contribution in [3.8, 4) is 10.7 Å². The van der Waals surface area contributed by atoms with Gasteiger partial charge in [-0.25, -0.2) is 4.98 Å². The van der Waals surface area contributed by atoms with E-state index in [2.05, 4.69) is 25.3 Å². The first-order valence-corrected chi connectivity index (χ1v) is 8.76. The van der Waals surface area contributed by atoms with Gasteiger partial charge in [-0.2, -0.15) is 4.98 Å². The van der Waals surface area contributed by atoms with Crippen molar-refractivity contribution in [3.05, 3.63) is 41.0 Å². The number of hydrogen-bond acceptors (Lipinski definition) is 8. The number of fused-ring (bicyclic) bond motifs is 1. The second-order valence-corrected chi connectivity index (χ2v) is 6.79. The lowest BCUT2D eigenvalue weighted by Gasteiger charge is -2.02. The molecule has 0 N–H and O–H groups in total. The highest BCUT2D eigenvalue weighted by atomic mass is 32.2. The van der Waals surface area contributed by atoms with Crippen LogP contribution >= 0.6 is 23.1 Å². The summed E-state index contributed by atoms with van der Waals surface area (Å²) in [5, 5.41) is 15.2. The van der Waals surface area contributed by atoms with Crippen LogP contribution in [0.5, 0.6) is 0 Å². The molecule has 0 saturated heterocycles. The molecule has 4 rings (SSSR count). The molecule has 4 heterocycles. The number of aryl methyl sites for hydroxylation is 2. The summed E-state index contributed by atoms with van der Waals surface area (Å²) in [4.78, 5) is 9.85. The van der Waals surface area contributed by atoms with Gasteiger partial charge in [0.25, 0.3) is 0 Å². The summed E-state index contributed by atoms with van der Waals surface area (Å²) in [5.41, 5.74) is 1.72. The SMILES string of the molecule is Cc1cc2nnc(SCc3nc(-c4cccs4)no3)n2c(C)n1. The molecular formula is C14H12N6OS2. The molecule has 0 radical (unpaired) electrons. The van der Waals surface area contributed by atoms with Gasteiger partial charge in [0.05, 0.1) is 10.6 Å². The zero-order chi connectivity index (χ0) is 15.8. The Bertz CT molecular complexity index is 959. The van der Waals surface area contributed by atoms with Gasteiger partial charge in [0.1, 0.15) is 5.82 Å². The van der Waals surface area contributed by atoms with Crippen LogP contribution in [0, 0.1) is 13.8 Å². The van der Waals surface area contributed by atoms with Gasteiger partial charge in [-0.05, 0) is 25.3 Å². The number of aromatic nitrogens is 6. The van der Waals surface area contributed by atoms with E-state index < -0.39 is 0 Å². The first kappa shape index (κ1) is 14.3. The maximum Gasteiger partial charge on any atom is 0.237 e. The molecular weight excluding hydrogens is 332 g/mol. The van der Waals surface area contributed by atoms with Gasteiger partial charge < -0.3 is 4.52 Å². The molecule has 9 heteroatoms. The van der Waals surface area contributed by atoms with E-state index in [-0.39, 0.29) is 0 Å². The topological polar surface area (TPSA) is 82.0 Å². The normalized spacial score (nSPS) is 11.4. The molecule has 0 unspecified atom stereocenters. The summed E-state index contributed by atoms with van der Waals surface area (Å²) < 4.78 is 7.22. The van der Waals surface area contributed by atoms with Crippen LogP contribution in [0.3, 0.4) is 0 Å². The first-order valence-electron chi connectivity index (χ1n) is 6.89. The number of thioether (sulfide) groups is 1. The standard InChI is InChI=1S/C14H12N6OS2/c1-8-6-11-17-18-14(20(11)9(2)15-8)23-7-12-16-13(19-21-12)10-4-3-5-22-10/h3-6H,7H2,1-2H3. The van der Waals surface area contributed by atoms with Gasteiger partial charge in [0.2, 0.25) is 11.7 Å². The Balaban J connectivity index is 1.56. The van der Waals surface area contributed by atoms with Crippen molar-refractivity contribution >= 4 is 28.7 Å². The molecule has 0 fully saturated rings. The van der Waals surface area contributed by atoms with Crippen LogP contribution < -0.4 is 0 Å². The average Bonchev–Trinajstić information content (AvgIpc) is 3.25. The Morgan fingerprint density at radius 2 is 2.17 bits per heavy atom. The number of hydrogen-bond donors (Lipinski definition) is 0. The van der Waals surface area contributed by atoms with Crippen molar-refractivity contribution < 1.29 is 4.52 Å². The lowest BCUT2D eigenvalue weighted by molar-refractivity contribution is 0.391. The molecule has 0 saturated carbocycles. The first-order chi connectivity index (χ1) is 11.2. The van der Waals surface area contributed by atoms with E-state index >= 15 is 0 Å².